The van der Waals surface area contributed by atoms with Crippen molar-refractivity contribution in [2.24, 2.45) is 5.73 Å². The third-order valence-corrected chi connectivity index (χ3v) is 6.04. The molecule has 2 saturated carbocycles. The van der Waals surface area contributed by atoms with Gasteiger partial charge in [0.25, 0.3) is 0 Å². The molecule has 0 radical (unpaired) electrons. The van der Waals surface area contributed by atoms with Crippen molar-refractivity contribution in [1.29, 1.82) is 0 Å². The van der Waals surface area contributed by atoms with Gasteiger partial charge in [-0.15, -0.1) is 0 Å². The largest absolute Gasteiger partial charge is 0.321 e. The lowest BCUT2D eigenvalue weighted by molar-refractivity contribution is 0.461. The Balaban J connectivity index is 1.83. The van der Waals surface area contributed by atoms with Crippen LogP contribution >= 0.6 is 0 Å². The third kappa shape index (κ3) is 2.63. The zero-order valence-electron chi connectivity index (χ0n) is 12.1. The Labute approximate surface area is 121 Å². The predicted octanol–water partition coefficient (Wildman–Crippen LogP) is 2.49. The Hall–Kier alpha value is -0.870. The Kier molecular flexibility index (Phi) is 3.22. The van der Waals surface area contributed by atoms with Crippen LogP contribution in [0.5, 0.6) is 0 Å². The Morgan fingerprint density at radius 1 is 1.00 bits per heavy atom. The van der Waals surface area contributed by atoms with Crippen LogP contribution in [0.25, 0.3) is 0 Å². The molecular formula is C16H23NO2S. The van der Waals surface area contributed by atoms with Crippen LogP contribution in [0, 0.1) is 0 Å². The minimum Gasteiger partial charge on any atom is -0.321 e. The van der Waals surface area contributed by atoms with Crippen molar-refractivity contribution in [2.45, 2.75) is 49.5 Å². The van der Waals surface area contributed by atoms with Gasteiger partial charge < -0.3 is 5.73 Å². The molecule has 0 aliphatic heterocycles. The molecule has 0 spiro atoms. The highest BCUT2D eigenvalue weighted by Crippen LogP contribution is 2.49. The highest BCUT2D eigenvalue weighted by Gasteiger charge is 2.46. The maximum atomic E-state index is 11.6. The van der Waals surface area contributed by atoms with Gasteiger partial charge in [-0.1, -0.05) is 37.1 Å². The van der Waals surface area contributed by atoms with E-state index in [1.807, 2.05) is 0 Å². The lowest BCUT2D eigenvalue weighted by Gasteiger charge is -2.25. The molecule has 2 aliphatic rings. The van der Waals surface area contributed by atoms with Gasteiger partial charge in [0.05, 0.1) is 5.75 Å². The molecule has 2 fully saturated rings. The van der Waals surface area contributed by atoms with Crippen molar-refractivity contribution in [3.05, 3.63) is 35.4 Å². The van der Waals surface area contributed by atoms with E-state index in [1.54, 1.807) is 0 Å². The number of sulfone groups is 1. The fraction of sp³-hybridized carbons (Fsp3) is 0.625. The third-order valence-electron chi connectivity index (χ3n) is 4.96. The average Bonchev–Trinajstić information content (AvgIpc) is 3.00. The van der Waals surface area contributed by atoms with Crippen molar-refractivity contribution >= 4 is 9.84 Å². The van der Waals surface area contributed by atoms with E-state index in [9.17, 15) is 8.42 Å². The summed E-state index contributed by atoms with van der Waals surface area (Å²) in [6.07, 6.45) is 7.81. The normalized spacial score (nSPS) is 23.7. The van der Waals surface area contributed by atoms with Crippen LogP contribution in [0.1, 0.15) is 49.7 Å². The van der Waals surface area contributed by atoms with E-state index in [2.05, 4.69) is 24.3 Å². The molecule has 2 N–H and O–H groups in total. The lowest BCUT2D eigenvalue weighted by atomic mass is 9.87. The first-order valence-corrected chi connectivity index (χ1v) is 9.47. The molecule has 0 bridgehead atoms. The number of hydrogen-bond acceptors (Lipinski definition) is 3. The van der Waals surface area contributed by atoms with E-state index in [-0.39, 0.29) is 16.7 Å². The average molecular weight is 293 g/mol. The molecule has 0 heterocycles. The summed E-state index contributed by atoms with van der Waals surface area (Å²) in [5.74, 6) is 0.271. The quantitative estimate of drug-likeness (QED) is 0.928. The lowest BCUT2D eigenvalue weighted by Crippen LogP contribution is -2.33. The van der Waals surface area contributed by atoms with E-state index in [4.69, 9.17) is 5.73 Å². The van der Waals surface area contributed by atoms with Gasteiger partial charge in [-0.05, 0) is 36.8 Å². The van der Waals surface area contributed by atoms with Crippen molar-refractivity contribution in [3.63, 3.8) is 0 Å². The van der Waals surface area contributed by atoms with Crippen LogP contribution < -0.4 is 5.73 Å². The zero-order valence-corrected chi connectivity index (χ0v) is 12.9. The molecule has 0 amide bonds. The molecule has 1 aromatic carbocycles. The molecular weight excluding hydrogens is 270 g/mol. The molecule has 20 heavy (non-hydrogen) atoms. The van der Waals surface area contributed by atoms with E-state index in [1.165, 1.54) is 24.7 Å². The standard InChI is InChI=1S/C16H23NO2S/c1-20(18,19)12-15(10-11-15)13-4-6-14(7-5-13)16(17)8-2-3-9-16/h4-7H,2-3,8-12,17H2,1H3. The summed E-state index contributed by atoms with van der Waals surface area (Å²) in [6.45, 7) is 0. The molecule has 0 saturated heterocycles. The SMILES string of the molecule is CS(=O)(=O)CC1(c2ccc(C3(N)CCCC3)cc2)CC1. The molecule has 0 unspecified atom stereocenters. The van der Waals surface area contributed by atoms with Gasteiger partial charge in [-0.2, -0.15) is 0 Å². The zero-order chi connectivity index (χ0) is 14.4. The molecule has 110 valence electrons. The van der Waals surface area contributed by atoms with Crippen molar-refractivity contribution in [3.8, 4) is 0 Å². The topological polar surface area (TPSA) is 60.2 Å². The van der Waals surface area contributed by atoms with Gasteiger partial charge >= 0.3 is 0 Å². The van der Waals surface area contributed by atoms with Gasteiger partial charge in [0.15, 0.2) is 0 Å². The molecule has 4 heteroatoms. The molecule has 1 aromatic rings. The fourth-order valence-corrected chi connectivity index (χ4v) is 5.08. The molecule has 2 aliphatic carbocycles. The summed E-state index contributed by atoms with van der Waals surface area (Å²) in [7, 11) is -2.93. The van der Waals surface area contributed by atoms with E-state index >= 15 is 0 Å². The second-order valence-corrected chi connectivity index (χ2v) is 8.93. The number of rotatable bonds is 4. The molecule has 3 nitrogen and oxygen atoms in total. The Morgan fingerprint density at radius 3 is 1.95 bits per heavy atom. The summed E-state index contributed by atoms with van der Waals surface area (Å²) < 4.78 is 23.1. The van der Waals surface area contributed by atoms with Gasteiger partial charge in [-0.3, -0.25) is 0 Å². The fourth-order valence-electron chi connectivity index (χ4n) is 3.62. The van der Waals surface area contributed by atoms with E-state index < -0.39 is 9.84 Å². The smallest absolute Gasteiger partial charge is 0.148 e. The van der Waals surface area contributed by atoms with Gasteiger partial charge in [0.2, 0.25) is 0 Å². The predicted molar refractivity (Wildman–Crippen MR) is 81.4 cm³/mol. The Morgan fingerprint density at radius 2 is 1.50 bits per heavy atom. The van der Waals surface area contributed by atoms with Gasteiger partial charge in [0, 0.05) is 17.2 Å². The summed E-state index contributed by atoms with van der Waals surface area (Å²) >= 11 is 0. The highest BCUT2D eigenvalue weighted by atomic mass is 32.2. The van der Waals surface area contributed by atoms with Gasteiger partial charge in [-0.25, -0.2) is 8.42 Å². The summed E-state index contributed by atoms with van der Waals surface area (Å²) in [6, 6.07) is 8.42. The second kappa shape index (κ2) is 4.57. The molecule has 0 atom stereocenters. The van der Waals surface area contributed by atoms with Crippen molar-refractivity contribution < 1.29 is 8.42 Å². The van der Waals surface area contributed by atoms with Crippen LogP contribution in [0.3, 0.4) is 0 Å². The first-order valence-electron chi connectivity index (χ1n) is 7.41. The van der Waals surface area contributed by atoms with Crippen LogP contribution in [-0.4, -0.2) is 20.4 Å². The van der Waals surface area contributed by atoms with Crippen molar-refractivity contribution in [2.75, 3.05) is 12.0 Å². The minimum atomic E-state index is -2.93. The number of benzene rings is 1. The van der Waals surface area contributed by atoms with Crippen LogP contribution in [-0.2, 0) is 20.8 Å². The van der Waals surface area contributed by atoms with Crippen LogP contribution in [0.15, 0.2) is 24.3 Å². The number of hydrogen-bond donors (Lipinski definition) is 1. The van der Waals surface area contributed by atoms with Gasteiger partial charge in [0.1, 0.15) is 9.84 Å². The number of nitrogens with two attached hydrogens (primary N) is 1. The van der Waals surface area contributed by atoms with Crippen LogP contribution in [0.4, 0.5) is 0 Å². The van der Waals surface area contributed by atoms with Crippen LogP contribution in [0.2, 0.25) is 0 Å². The monoisotopic (exact) mass is 293 g/mol. The minimum absolute atomic E-state index is 0.121. The summed E-state index contributed by atoms with van der Waals surface area (Å²) in [4.78, 5) is 0. The molecule has 0 aromatic heterocycles. The first-order chi connectivity index (χ1) is 9.33. The summed E-state index contributed by atoms with van der Waals surface area (Å²) in [5, 5.41) is 0. The Bertz CT molecular complexity index is 594. The molecule has 3 rings (SSSR count). The van der Waals surface area contributed by atoms with E-state index in [0.717, 1.165) is 31.2 Å². The first kappa shape index (κ1) is 14.1. The van der Waals surface area contributed by atoms with E-state index in [0.29, 0.717) is 0 Å². The highest BCUT2D eigenvalue weighted by molar-refractivity contribution is 7.90. The second-order valence-electron chi connectivity index (χ2n) is 6.79. The summed E-state index contributed by atoms with van der Waals surface area (Å²) in [5.41, 5.74) is 8.54. The maximum absolute atomic E-state index is 11.6. The maximum Gasteiger partial charge on any atom is 0.148 e. The van der Waals surface area contributed by atoms with Crippen molar-refractivity contribution in [1.82, 2.24) is 0 Å².